The number of hydrogen-bond acceptors (Lipinski definition) is 6. The Bertz CT molecular complexity index is 795. The molecule has 34 heavy (non-hydrogen) atoms. The second-order valence-corrected chi connectivity index (χ2v) is 8.17. The first-order valence-electron chi connectivity index (χ1n) is 12.3. The van der Waals surface area contributed by atoms with Crippen LogP contribution in [0.3, 0.4) is 0 Å². The fourth-order valence-corrected chi connectivity index (χ4v) is 3.81. The maximum Gasteiger partial charge on any atom is 0.355 e. The maximum atomic E-state index is 13.8. The molecular formula is C28H38O6. The van der Waals surface area contributed by atoms with E-state index in [0.717, 1.165) is 12.8 Å². The van der Waals surface area contributed by atoms with Gasteiger partial charge in [-0.2, -0.15) is 0 Å². The molecule has 0 saturated heterocycles. The van der Waals surface area contributed by atoms with E-state index in [1.54, 1.807) is 38.1 Å². The van der Waals surface area contributed by atoms with E-state index in [-0.39, 0.29) is 26.1 Å². The molecule has 0 heterocycles. The van der Waals surface area contributed by atoms with Crippen LogP contribution in [0.2, 0.25) is 0 Å². The van der Waals surface area contributed by atoms with E-state index in [9.17, 15) is 9.59 Å². The molecule has 2 atom stereocenters. The zero-order valence-corrected chi connectivity index (χ0v) is 20.9. The molecule has 0 aliphatic heterocycles. The second kappa shape index (κ2) is 13.6. The third-order valence-electron chi connectivity index (χ3n) is 5.84. The van der Waals surface area contributed by atoms with Crippen molar-refractivity contribution in [2.45, 2.75) is 77.4 Å². The van der Waals surface area contributed by atoms with Gasteiger partial charge in [-0.05, 0) is 37.1 Å². The Morgan fingerprint density at radius 2 is 0.971 bits per heavy atom. The van der Waals surface area contributed by atoms with Gasteiger partial charge in [0.15, 0.2) is 0 Å². The molecule has 2 unspecified atom stereocenters. The molecule has 186 valence electrons. The lowest BCUT2D eigenvalue weighted by atomic mass is 9.77. The molecule has 0 N–H and O–H groups in total. The van der Waals surface area contributed by atoms with Crippen LogP contribution in [0.15, 0.2) is 60.7 Å². The minimum absolute atomic E-state index is 0.135. The Hall–Kier alpha value is -3.02. The molecule has 2 rings (SSSR count). The summed E-state index contributed by atoms with van der Waals surface area (Å²) in [6.07, 6.45) is 3.41. The summed E-state index contributed by atoms with van der Waals surface area (Å²) in [7, 11) is 0. The normalized spacial score (nSPS) is 14.4. The predicted octanol–water partition coefficient (Wildman–Crippen LogP) is 6.13. The maximum absolute atomic E-state index is 13.8. The van der Waals surface area contributed by atoms with Gasteiger partial charge in [0.2, 0.25) is 0 Å². The molecule has 0 bridgehead atoms. The van der Waals surface area contributed by atoms with E-state index in [0.29, 0.717) is 24.3 Å². The monoisotopic (exact) mass is 470 g/mol. The van der Waals surface area contributed by atoms with Crippen molar-refractivity contribution < 1.29 is 28.5 Å². The Balaban J connectivity index is 2.65. The first-order valence-corrected chi connectivity index (χ1v) is 12.3. The molecule has 2 aromatic rings. The van der Waals surface area contributed by atoms with E-state index in [2.05, 4.69) is 0 Å². The number of hydrogen-bond donors (Lipinski definition) is 0. The van der Waals surface area contributed by atoms with Gasteiger partial charge in [0.25, 0.3) is 11.2 Å². The van der Waals surface area contributed by atoms with Crippen molar-refractivity contribution >= 4 is 11.9 Å². The van der Waals surface area contributed by atoms with Crippen LogP contribution in [0, 0.1) is 0 Å². The van der Waals surface area contributed by atoms with Crippen LogP contribution in [0.25, 0.3) is 0 Å². The van der Waals surface area contributed by atoms with Gasteiger partial charge in [0.1, 0.15) is 11.5 Å². The molecule has 0 aliphatic carbocycles. The Morgan fingerprint density at radius 3 is 1.26 bits per heavy atom. The number of rotatable bonds is 15. The third-order valence-corrected chi connectivity index (χ3v) is 5.84. The number of para-hydroxylation sites is 2. The topological polar surface area (TPSA) is 71.1 Å². The molecule has 0 spiro atoms. The average Bonchev–Trinajstić information content (AvgIpc) is 2.87. The number of unbranched alkanes of at least 4 members (excludes halogenated alkanes) is 2. The number of benzene rings is 2. The largest absolute Gasteiger partial charge is 0.471 e. The molecule has 2 aromatic carbocycles. The lowest BCUT2D eigenvalue weighted by Crippen LogP contribution is -2.70. The molecule has 6 heteroatoms. The van der Waals surface area contributed by atoms with Gasteiger partial charge in [0, 0.05) is 12.8 Å². The van der Waals surface area contributed by atoms with Gasteiger partial charge in [-0.3, -0.25) is 0 Å². The Kier molecular flexibility index (Phi) is 10.9. The highest BCUT2D eigenvalue weighted by molar-refractivity contribution is 5.93. The summed E-state index contributed by atoms with van der Waals surface area (Å²) in [6.45, 7) is 8.07. The summed E-state index contributed by atoms with van der Waals surface area (Å²) in [5.41, 5.74) is -3.54. The van der Waals surface area contributed by atoms with E-state index in [4.69, 9.17) is 18.9 Å². The lowest BCUT2D eigenvalue weighted by Gasteiger charge is -2.45. The molecule has 0 aromatic heterocycles. The minimum Gasteiger partial charge on any atom is -0.471 e. The van der Waals surface area contributed by atoms with Crippen molar-refractivity contribution in [1.29, 1.82) is 0 Å². The molecule has 6 nitrogen and oxygen atoms in total. The summed E-state index contributed by atoms with van der Waals surface area (Å²) in [4.78, 5) is 27.5. The van der Waals surface area contributed by atoms with E-state index in [1.807, 2.05) is 50.2 Å². The van der Waals surface area contributed by atoms with Gasteiger partial charge in [-0.15, -0.1) is 0 Å². The minimum atomic E-state index is -1.77. The first-order chi connectivity index (χ1) is 16.5. The summed E-state index contributed by atoms with van der Waals surface area (Å²) < 4.78 is 24.2. The predicted molar refractivity (Wildman–Crippen MR) is 132 cm³/mol. The van der Waals surface area contributed by atoms with Gasteiger partial charge in [-0.1, -0.05) is 76.9 Å². The van der Waals surface area contributed by atoms with E-state index >= 15 is 0 Å². The number of ether oxygens (including phenoxy) is 4. The Labute approximate surface area is 203 Å². The SMILES string of the molecule is CCCCOC(=O)C(CC)(Oc1ccccc1)C(CC)(Oc1ccccc1)C(=O)OCCCC. The van der Waals surface area contributed by atoms with Gasteiger partial charge in [0.05, 0.1) is 13.2 Å². The quantitative estimate of drug-likeness (QED) is 0.230. The number of carbonyl (C=O) groups excluding carboxylic acids is 2. The van der Waals surface area contributed by atoms with E-state index in [1.165, 1.54) is 0 Å². The zero-order valence-electron chi connectivity index (χ0n) is 20.9. The second-order valence-electron chi connectivity index (χ2n) is 8.17. The smallest absolute Gasteiger partial charge is 0.355 e. The summed E-state index contributed by atoms with van der Waals surface area (Å²) >= 11 is 0. The highest BCUT2D eigenvalue weighted by atomic mass is 16.6. The van der Waals surface area contributed by atoms with Crippen LogP contribution in [-0.4, -0.2) is 36.4 Å². The molecule has 0 radical (unpaired) electrons. The van der Waals surface area contributed by atoms with Crippen LogP contribution >= 0.6 is 0 Å². The van der Waals surface area contributed by atoms with Crippen molar-refractivity contribution in [2.75, 3.05) is 13.2 Å². The fraction of sp³-hybridized carbons (Fsp3) is 0.500. The Morgan fingerprint density at radius 1 is 0.618 bits per heavy atom. The molecule has 0 aliphatic rings. The number of esters is 2. The standard InChI is InChI=1S/C28H38O6/c1-5-9-21-31-25(29)27(7-3,33-23-17-13-11-14-18-23)28(8-4,26(30)32-22-10-6-2)34-24-19-15-12-16-20-24/h11-20H,5-10,21-22H2,1-4H3. The van der Waals surface area contributed by atoms with Crippen molar-refractivity contribution in [3.63, 3.8) is 0 Å². The molecule has 0 saturated carbocycles. The van der Waals surface area contributed by atoms with Gasteiger partial charge >= 0.3 is 11.9 Å². The fourth-order valence-electron chi connectivity index (χ4n) is 3.81. The third kappa shape index (κ3) is 6.31. The van der Waals surface area contributed by atoms with Crippen LogP contribution in [0.5, 0.6) is 11.5 Å². The highest BCUT2D eigenvalue weighted by Gasteiger charge is 2.66. The van der Waals surface area contributed by atoms with Crippen LogP contribution < -0.4 is 9.47 Å². The van der Waals surface area contributed by atoms with Crippen LogP contribution in [-0.2, 0) is 19.1 Å². The van der Waals surface area contributed by atoms with Crippen LogP contribution in [0.1, 0.15) is 66.2 Å². The summed E-state index contributed by atoms with van der Waals surface area (Å²) in [5, 5.41) is 0. The molecule has 0 fully saturated rings. The summed E-state index contributed by atoms with van der Waals surface area (Å²) in [5.74, 6) is -0.407. The summed E-state index contributed by atoms with van der Waals surface area (Å²) in [6, 6.07) is 17.9. The molecule has 0 amide bonds. The zero-order chi connectivity index (χ0) is 24.9. The van der Waals surface area contributed by atoms with Gasteiger partial charge < -0.3 is 18.9 Å². The van der Waals surface area contributed by atoms with Crippen molar-refractivity contribution in [1.82, 2.24) is 0 Å². The van der Waals surface area contributed by atoms with Crippen molar-refractivity contribution in [3.05, 3.63) is 60.7 Å². The molecular weight excluding hydrogens is 432 g/mol. The number of carbonyl (C=O) groups is 2. The van der Waals surface area contributed by atoms with Crippen molar-refractivity contribution in [2.24, 2.45) is 0 Å². The van der Waals surface area contributed by atoms with Crippen LogP contribution in [0.4, 0.5) is 0 Å². The van der Waals surface area contributed by atoms with Gasteiger partial charge in [-0.25, -0.2) is 9.59 Å². The first kappa shape index (κ1) is 27.2. The highest BCUT2D eigenvalue weighted by Crippen LogP contribution is 2.40. The van der Waals surface area contributed by atoms with Crippen molar-refractivity contribution in [3.8, 4) is 11.5 Å². The van der Waals surface area contributed by atoms with E-state index < -0.39 is 23.1 Å². The lowest BCUT2D eigenvalue weighted by molar-refractivity contribution is -0.204. The average molecular weight is 471 g/mol.